The smallest absolute Gasteiger partial charge is 0.234 e. The van der Waals surface area contributed by atoms with Crippen LogP contribution in [0, 0.1) is 13.8 Å². The Balaban J connectivity index is 2.90. The molecule has 1 amide bonds. The van der Waals surface area contributed by atoms with E-state index in [9.17, 15) is 4.79 Å². The normalized spacial score (nSPS) is 10.1. The van der Waals surface area contributed by atoms with Gasteiger partial charge in [0, 0.05) is 4.47 Å². The fraction of sp³-hybridized carbons (Fsp3) is 0.364. The van der Waals surface area contributed by atoms with Crippen LogP contribution in [0.1, 0.15) is 11.1 Å². The Kier molecular flexibility index (Phi) is 4.67. The molecule has 0 unspecified atom stereocenters. The molecule has 4 heteroatoms. The summed E-state index contributed by atoms with van der Waals surface area (Å²) < 4.78 is 0.939. The molecule has 1 rings (SSSR count). The predicted octanol–water partition coefficient (Wildman–Crippen LogP) is 3.37. The molecule has 82 valence electrons. The van der Waals surface area contributed by atoms with Crippen LogP contribution < -0.4 is 5.32 Å². The molecule has 2 nitrogen and oxygen atoms in total. The van der Waals surface area contributed by atoms with E-state index in [0.717, 1.165) is 15.7 Å². The van der Waals surface area contributed by atoms with Gasteiger partial charge < -0.3 is 5.32 Å². The molecule has 0 fully saturated rings. The van der Waals surface area contributed by atoms with Crippen molar-refractivity contribution >= 4 is 39.3 Å². The van der Waals surface area contributed by atoms with E-state index in [1.165, 1.54) is 17.3 Å². The second-order valence-electron chi connectivity index (χ2n) is 3.42. The van der Waals surface area contributed by atoms with Crippen molar-refractivity contribution in [3.63, 3.8) is 0 Å². The first-order chi connectivity index (χ1) is 7.04. The number of halogens is 1. The molecule has 15 heavy (non-hydrogen) atoms. The van der Waals surface area contributed by atoms with Gasteiger partial charge in [0.2, 0.25) is 5.91 Å². The second-order valence-corrected chi connectivity index (χ2v) is 5.14. The van der Waals surface area contributed by atoms with Gasteiger partial charge in [0.15, 0.2) is 0 Å². The number of hydrogen-bond acceptors (Lipinski definition) is 2. The van der Waals surface area contributed by atoms with E-state index in [-0.39, 0.29) is 5.91 Å². The summed E-state index contributed by atoms with van der Waals surface area (Å²) in [5, 5.41) is 2.90. The molecule has 0 aliphatic heterocycles. The van der Waals surface area contributed by atoms with Crippen LogP contribution in [0.3, 0.4) is 0 Å². The van der Waals surface area contributed by atoms with E-state index in [1.807, 2.05) is 26.2 Å². The highest BCUT2D eigenvalue weighted by Gasteiger charge is 2.08. The van der Waals surface area contributed by atoms with Gasteiger partial charge in [-0.25, -0.2) is 0 Å². The van der Waals surface area contributed by atoms with Crippen molar-refractivity contribution < 1.29 is 4.79 Å². The van der Waals surface area contributed by atoms with Crippen LogP contribution in [-0.2, 0) is 4.79 Å². The molecule has 1 N–H and O–H groups in total. The summed E-state index contributed by atoms with van der Waals surface area (Å²) in [6, 6.07) is 4.06. The minimum Gasteiger partial charge on any atom is -0.324 e. The van der Waals surface area contributed by atoms with Crippen LogP contribution in [0.15, 0.2) is 16.6 Å². The van der Waals surface area contributed by atoms with E-state index in [2.05, 4.69) is 27.3 Å². The predicted molar refractivity (Wildman–Crippen MR) is 70.6 cm³/mol. The third-order valence-electron chi connectivity index (χ3n) is 1.97. The number of amides is 1. The average molecular weight is 288 g/mol. The monoisotopic (exact) mass is 287 g/mol. The highest BCUT2D eigenvalue weighted by atomic mass is 79.9. The molecular formula is C11H14BrNOS. The number of nitrogens with one attached hydrogen (secondary N) is 1. The maximum atomic E-state index is 11.4. The Morgan fingerprint density at radius 1 is 1.47 bits per heavy atom. The maximum absolute atomic E-state index is 11.4. The minimum absolute atomic E-state index is 0.0372. The Hall–Kier alpha value is -0.480. The van der Waals surface area contributed by atoms with Crippen molar-refractivity contribution in [3.8, 4) is 0 Å². The summed E-state index contributed by atoms with van der Waals surface area (Å²) in [4.78, 5) is 11.4. The Morgan fingerprint density at radius 2 is 2.13 bits per heavy atom. The standard InChI is InChI=1S/C11H14BrNOS/c1-7-4-8(2)11(9(12)5-7)13-10(14)6-15-3/h4-5H,6H2,1-3H3,(H,13,14). The van der Waals surface area contributed by atoms with Gasteiger partial charge in [0.05, 0.1) is 11.4 Å². The Bertz CT molecular complexity index is 356. The second kappa shape index (κ2) is 5.56. The van der Waals surface area contributed by atoms with Gasteiger partial charge >= 0.3 is 0 Å². The van der Waals surface area contributed by atoms with Gasteiger partial charge in [-0.1, -0.05) is 6.07 Å². The zero-order chi connectivity index (χ0) is 11.4. The molecule has 0 spiro atoms. The Labute approximate surface area is 103 Å². The van der Waals surface area contributed by atoms with E-state index < -0.39 is 0 Å². The number of benzene rings is 1. The molecule has 0 aliphatic rings. The van der Waals surface area contributed by atoms with Crippen LogP contribution in [0.4, 0.5) is 5.69 Å². The number of aryl methyl sites for hydroxylation is 2. The molecule has 1 aromatic carbocycles. The van der Waals surface area contributed by atoms with Crippen molar-refractivity contribution in [2.45, 2.75) is 13.8 Å². The molecule has 0 heterocycles. The molecule has 0 bridgehead atoms. The van der Waals surface area contributed by atoms with E-state index >= 15 is 0 Å². The lowest BCUT2D eigenvalue weighted by atomic mass is 10.1. The lowest BCUT2D eigenvalue weighted by Gasteiger charge is -2.11. The molecule has 1 aromatic rings. The third kappa shape index (κ3) is 3.54. The molecule has 0 saturated heterocycles. The number of carbonyl (C=O) groups is 1. The van der Waals surface area contributed by atoms with Crippen LogP contribution in [0.5, 0.6) is 0 Å². The molecule has 0 aromatic heterocycles. The van der Waals surface area contributed by atoms with Crippen LogP contribution in [0.25, 0.3) is 0 Å². The molecule has 0 radical (unpaired) electrons. The third-order valence-corrected chi connectivity index (χ3v) is 3.15. The van der Waals surface area contributed by atoms with E-state index in [4.69, 9.17) is 0 Å². The van der Waals surface area contributed by atoms with Gasteiger partial charge in [-0.05, 0) is 53.2 Å². The average Bonchev–Trinajstić information content (AvgIpc) is 2.11. The summed E-state index contributed by atoms with van der Waals surface area (Å²) in [6.45, 7) is 4.03. The lowest BCUT2D eigenvalue weighted by Crippen LogP contribution is -2.15. The fourth-order valence-corrected chi connectivity index (χ4v) is 2.49. The van der Waals surface area contributed by atoms with Crippen molar-refractivity contribution in [2.24, 2.45) is 0 Å². The number of carbonyl (C=O) groups excluding carboxylic acids is 1. The summed E-state index contributed by atoms with van der Waals surface area (Å²) in [5.41, 5.74) is 3.14. The highest BCUT2D eigenvalue weighted by Crippen LogP contribution is 2.27. The van der Waals surface area contributed by atoms with Crippen LogP contribution in [0.2, 0.25) is 0 Å². The number of thioether (sulfide) groups is 1. The minimum atomic E-state index is 0.0372. The quantitative estimate of drug-likeness (QED) is 0.924. The van der Waals surface area contributed by atoms with Crippen molar-refractivity contribution in [1.82, 2.24) is 0 Å². The summed E-state index contributed by atoms with van der Waals surface area (Å²) >= 11 is 4.97. The molecule has 0 aliphatic carbocycles. The fourth-order valence-electron chi connectivity index (χ4n) is 1.38. The van der Waals surface area contributed by atoms with Crippen molar-refractivity contribution in [1.29, 1.82) is 0 Å². The molecular weight excluding hydrogens is 274 g/mol. The first kappa shape index (κ1) is 12.6. The molecule has 0 saturated carbocycles. The first-order valence-electron chi connectivity index (χ1n) is 4.60. The Morgan fingerprint density at radius 3 is 2.67 bits per heavy atom. The van der Waals surface area contributed by atoms with E-state index in [1.54, 1.807) is 0 Å². The number of rotatable bonds is 3. The summed E-state index contributed by atoms with van der Waals surface area (Å²) in [7, 11) is 0. The SMILES string of the molecule is CSCC(=O)Nc1c(C)cc(C)cc1Br. The molecule has 0 atom stereocenters. The lowest BCUT2D eigenvalue weighted by molar-refractivity contribution is -0.113. The van der Waals surface area contributed by atoms with E-state index in [0.29, 0.717) is 5.75 Å². The van der Waals surface area contributed by atoms with Crippen molar-refractivity contribution in [3.05, 3.63) is 27.7 Å². The largest absolute Gasteiger partial charge is 0.324 e. The summed E-state index contributed by atoms with van der Waals surface area (Å²) in [6.07, 6.45) is 1.91. The van der Waals surface area contributed by atoms with Gasteiger partial charge in [0.25, 0.3) is 0 Å². The first-order valence-corrected chi connectivity index (χ1v) is 6.79. The van der Waals surface area contributed by atoms with Gasteiger partial charge in [-0.2, -0.15) is 11.8 Å². The van der Waals surface area contributed by atoms with Crippen LogP contribution in [-0.4, -0.2) is 17.9 Å². The zero-order valence-electron chi connectivity index (χ0n) is 9.06. The topological polar surface area (TPSA) is 29.1 Å². The summed E-state index contributed by atoms with van der Waals surface area (Å²) in [5.74, 6) is 0.523. The zero-order valence-corrected chi connectivity index (χ0v) is 11.5. The number of anilines is 1. The van der Waals surface area contributed by atoms with Gasteiger partial charge in [-0.3, -0.25) is 4.79 Å². The van der Waals surface area contributed by atoms with Gasteiger partial charge in [0.1, 0.15) is 0 Å². The number of hydrogen-bond donors (Lipinski definition) is 1. The van der Waals surface area contributed by atoms with Gasteiger partial charge in [-0.15, -0.1) is 0 Å². The van der Waals surface area contributed by atoms with Crippen molar-refractivity contribution in [2.75, 3.05) is 17.3 Å². The van der Waals surface area contributed by atoms with Crippen LogP contribution >= 0.6 is 27.7 Å². The maximum Gasteiger partial charge on any atom is 0.234 e. The highest BCUT2D eigenvalue weighted by molar-refractivity contribution is 9.10.